The van der Waals surface area contributed by atoms with Crippen LogP contribution >= 0.6 is 0 Å². The van der Waals surface area contributed by atoms with Crippen LogP contribution in [0.3, 0.4) is 0 Å². The van der Waals surface area contributed by atoms with Crippen LogP contribution < -0.4 is 5.32 Å². The second kappa shape index (κ2) is 3.06. The van der Waals surface area contributed by atoms with E-state index in [-0.39, 0.29) is 0 Å². The summed E-state index contributed by atoms with van der Waals surface area (Å²) in [6, 6.07) is 0. The minimum Gasteiger partial charge on any atom is -0.376 e. The van der Waals surface area contributed by atoms with E-state index in [1.807, 2.05) is 0 Å². The number of likely N-dealkylation sites (N-methyl/N-ethyl adjacent to an activating group) is 1. The Bertz CT molecular complexity index is 145. The van der Waals surface area contributed by atoms with Gasteiger partial charge in [-0.25, -0.2) is 0 Å². The molecule has 0 radical (unpaired) electrons. The van der Waals surface area contributed by atoms with Gasteiger partial charge in [-0.05, 0) is 13.8 Å². The van der Waals surface area contributed by atoms with E-state index in [0.29, 0.717) is 0 Å². The van der Waals surface area contributed by atoms with Crippen LogP contribution in [0.15, 0.2) is 11.3 Å². The van der Waals surface area contributed by atoms with Gasteiger partial charge in [-0.1, -0.05) is 5.57 Å². The second-order valence-corrected chi connectivity index (χ2v) is 3.05. The van der Waals surface area contributed by atoms with E-state index in [9.17, 15) is 0 Å². The van der Waals surface area contributed by atoms with Gasteiger partial charge >= 0.3 is 0 Å². The lowest BCUT2D eigenvalue weighted by Crippen LogP contribution is -2.39. The van der Waals surface area contributed by atoms with Crippen LogP contribution in [0.25, 0.3) is 0 Å². The van der Waals surface area contributed by atoms with Gasteiger partial charge in [-0.3, -0.25) is 0 Å². The molecule has 1 aliphatic heterocycles. The van der Waals surface area contributed by atoms with Gasteiger partial charge in [0, 0.05) is 32.4 Å². The number of hydrogen-bond donors (Lipinski definition) is 1. The molecular formula is C8H16N2. The third-order valence-electron chi connectivity index (χ3n) is 1.95. The van der Waals surface area contributed by atoms with Crippen molar-refractivity contribution in [3.8, 4) is 0 Å². The summed E-state index contributed by atoms with van der Waals surface area (Å²) in [5.74, 6) is 0. The van der Waals surface area contributed by atoms with E-state index in [2.05, 4.69) is 31.1 Å². The van der Waals surface area contributed by atoms with Crippen molar-refractivity contribution in [2.75, 3.05) is 26.7 Å². The molecule has 0 aromatic carbocycles. The monoisotopic (exact) mass is 140 g/mol. The molecule has 1 aliphatic rings. The van der Waals surface area contributed by atoms with Crippen molar-refractivity contribution in [3.05, 3.63) is 11.3 Å². The Morgan fingerprint density at radius 2 is 2.20 bits per heavy atom. The van der Waals surface area contributed by atoms with Gasteiger partial charge in [-0.2, -0.15) is 0 Å². The first-order valence-electron chi connectivity index (χ1n) is 3.80. The molecule has 0 aliphatic carbocycles. The first-order chi connectivity index (χ1) is 4.72. The lowest BCUT2D eigenvalue weighted by atomic mass is 10.2. The summed E-state index contributed by atoms with van der Waals surface area (Å²) in [7, 11) is 2.16. The minimum absolute atomic E-state index is 1.04. The van der Waals surface area contributed by atoms with Crippen LogP contribution in [0, 0.1) is 0 Å². The summed E-state index contributed by atoms with van der Waals surface area (Å²) < 4.78 is 0. The third-order valence-corrected chi connectivity index (χ3v) is 1.95. The molecule has 0 aromatic rings. The average molecular weight is 140 g/mol. The number of nitrogens with one attached hydrogen (secondary N) is 1. The molecule has 1 N–H and O–H groups in total. The zero-order valence-corrected chi connectivity index (χ0v) is 7.07. The maximum absolute atomic E-state index is 3.35. The highest BCUT2D eigenvalue weighted by Gasteiger charge is 2.09. The van der Waals surface area contributed by atoms with Crippen LogP contribution in [-0.2, 0) is 0 Å². The van der Waals surface area contributed by atoms with Crippen LogP contribution in [-0.4, -0.2) is 31.6 Å². The van der Waals surface area contributed by atoms with Gasteiger partial charge in [-0.15, -0.1) is 0 Å². The minimum atomic E-state index is 1.04. The predicted octanol–water partition coefficient (Wildman–Crippen LogP) is 0.815. The van der Waals surface area contributed by atoms with Crippen molar-refractivity contribution < 1.29 is 0 Å². The van der Waals surface area contributed by atoms with Gasteiger partial charge in [0.05, 0.1) is 0 Å². The quantitative estimate of drug-likeness (QED) is 0.536. The first kappa shape index (κ1) is 7.61. The number of allylic oxidation sites excluding steroid dienone is 1. The summed E-state index contributed by atoms with van der Waals surface area (Å²) in [5, 5.41) is 3.35. The number of piperazine rings is 1. The van der Waals surface area contributed by atoms with Gasteiger partial charge in [0.1, 0.15) is 0 Å². The van der Waals surface area contributed by atoms with Crippen molar-refractivity contribution in [2.45, 2.75) is 13.8 Å². The zero-order chi connectivity index (χ0) is 7.56. The Balaban J connectivity index is 2.65. The largest absolute Gasteiger partial charge is 0.376 e. The fourth-order valence-corrected chi connectivity index (χ4v) is 1.28. The molecule has 1 fully saturated rings. The van der Waals surface area contributed by atoms with Gasteiger partial charge in [0.2, 0.25) is 0 Å². The lowest BCUT2D eigenvalue weighted by Gasteiger charge is -2.29. The fraction of sp³-hybridized carbons (Fsp3) is 0.750. The van der Waals surface area contributed by atoms with Crippen LogP contribution in [0.4, 0.5) is 0 Å². The summed E-state index contributed by atoms with van der Waals surface area (Å²) in [6.07, 6.45) is 0. The topological polar surface area (TPSA) is 15.3 Å². The summed E-state index contributed by atoms with van der Waals surface area (Å²) in [6.45, 7) is 7.63. The van der Waals surface area contributed by atoms with Crippen molar-refractivity contribution in [1.29, 1.82) is 0 Å². The van der Waals surface area contributed by atoms with E-state index in [1.165, 1.54) is 11.3 Å². The van der Waals surface area contributed by atoms with E-state index in [1.54, 1.807) is 0 Å². The van der Waals surface area contributed by atoms with E-state index >= 15 is 0 Å². The maximum atomic E-state index is 3.35. The summed E-state index contributed by atoms with van der Waals surface area (Å²) in [4.78, 5) is 2.33. The first-order valence-corrected chi connectivity index (χ1v) is 3.80. The highest BCUT2D eigenvalue weighted by molar-refractivity contribution is 5.11. The molecule has 58 valence electrons. The van der Waals surface area contributed by atoms with Crippen LogP contribution in [0.2, 0.25) is 0 Å². The van der Waals surface area contributed by atoms with Gasteiger partial charge in [0.25, 0.3) is 0 Å². The predicted molar refractivity (Wildman–Crippen MR) is 43.9 cm³/mol. The Morgan fingerprint density at radius 1 is 1.50 bits per heavy atom. The highest BCUT2D eigenvalue weighted by atomic mass is 15.2. The molecule has 0 atom stereocenters. The number of hydrogen-bond acceptors (Lipinski definition) is 2. The number of rotatable bonds is 0. The van der Waals surface area contributed by atoms with Crippen molar-refractivity contribution in [2.24, 2.45) is 0 Å². The molecule has 1 saturated heterocycles. The van der Waals surface area contributed by atoms with E-state index in [4.69, 9.17) is 0 Å². The average Bonchev–Trinajstić information content (AvgIpc) is 1.88. The van der Waals surface area contributed by atoms with Crippen molar-refractivity contribution in [3.63, 3.8) is 0 Å². The maximum Gasteiger partial charge on any atom is 0.0355 e. The molecule has 2 heteroatoms. The third kappa shape index (κ3) is 1.51. The van der Waals surface area contributed by atoms with Crippen molar-refractivity contribution >= 4 is 0 Å². The standard InChI is InChI=1S/C8H16N2/c1-7(2)8-6-9-4-5-10(8)3/h9H,4-6H2,1-3H3. The SMILES string of the molecule is CC(C)=C1CNCCN1C. The molecule has 0 aromatic heterocycles. The van der Waals surface area contributed by atoms with Gasteiger partial charge < -0.3 is 10.2 Å². The number of nitrogens with zero attached hydrogens (tertiary/aromatic N) is 1. The molecule has 1 rings (SSSR count). The molecule has 0 unspecified atom stereocenters. The molecule has 10 heavy (non-hydrogen) atoms. The summed E-state index contributed by atoms with van der Waals surface area (Å²) >= 11 is 0. The molecule has 1 heterocycles. The Hall–Kier alpha value is -0.500. The molecule has 0 amide bonds. The zero-order valence-electron chi connectivity index (χ0n) is 7.07. The smallest absolute Gasteiger partial charge is 0.0355 e. The molecule has 0 spiro atoms. The Morgan fingerprint density at radius 3 is 2.60 bits per heavy atom. The summed E-state index contributed by atoms with van der Waals surface area (Å²) in [5.41, 5.74) is 2.88. The molecular weight excluding hydrogens is 124 g/mol. The highest BCUT2D eigenvalue weighted by Crippen LogP contribution is 2.08. The fourth-order valence-electron chi connectivity index (χ4n) is 1.28. The van der Waals surface area contributed by atoms with Crippen molar-refractivity contribution in [1.82, 2.24) is 10.2 Å². The second-order valence-electron chi connectivity index (χ2n) is 3.05. The van der Waals surface area contributed by atoms with Crippen LogP contribution in [0.5, 0.6) is 0 Å². The lowest BCUT2D eigenvalue weighted by molar-refractivity contribution is 0.353. The molecule has 0 saturated carbocycles. The van der Waals surface area contributed by atoms with E-state index in [0.717, 1.165) is 19.6 Å². The van der Waals surface area contributed by atoms with Crippen LogP contribution in [0.1, 0.15) is 13.8 Å². The molecule has 2 nitrogen and oxygen atoms in total. The normalized spacial score (nSPS) is 19.5. The molecule has 0 bridgehead atoms. The van der Waals surface area contributed by atoms with E-state index < -0.39 is 0 Å². The Labute approximate surface area is 62.9 Å². The van der Waals surface area contributed by atoms with Gasteiger partial charge in [0.15, 0.2) is 0 Å². The Kier molecular flexibility index (Phi) is 2.33.